The van der Waals surface area contributed by atoms with E-state index >= 15 is 0 Å². The molecule has 0 radical (unpaired) electrons. The van der Waals surface area contributed by atoms with Crippen molar-refractivity contribution in [2.45, 2.75) is 38.8 Å². The predicted molar refractivity (Wildman–Crippen MR) is 86.5 cm³/mol. The zero-order valence-corrected chi connectivity index (χ0v) is 13.9. The molecule has 126 valence electrons. The fraction of sp³-hybridized carbons (Fsp3) is 0.529. The van der Waals surface area contributed by atoms with Crippen LogP contribution in [0, 0.1) is 0 Å². The lowest BCUT2D eigenvalue weighted by atomic mass is 10.0. The van der Waals surface area contributed by atoms with E-state index in [1.54, 1.807) is 4.90 Å². The Labute approximate surface area is 136 Å². The van der Waals surface area contributed by atoms with Crippen LogP contribution in [0.1, 0.15) is 26.3 Å². The van der Waals surface area contributed by atoms with Gasteiger partial charge < -0.3 is 19.6 Å². The first kappa shape index (κ1) is 17.1. The molecular weight excluding hydrogens is 296 g/mol. The Morgan fingerprint density at radius 1 is 1.22 bits per heavy atom. The molecule has 2 amide bonds. The van der Waals surface area contributed by atoms with Crippen LogP contribution in [0.25, 0.3) is 0 Å². The van der Waals surface area contributed by atoms with E-state index in [2.05, 4.69) is 0 Å². The molecule has 1 aliphatic heterocycles. The summed E-state index contributed by atoms with van der Waals surface area (Å²) >= 11 is 0. The Bertz CT molecular complexity index is 553. The molecule has 0 aliphatic carbocycles. The van der Waals surface area contributed by atoms with E-state index in [-0.39, 0.29) is 12.1 Å². The zero-order valence-electron chi connectivity index (χ0n) is 13.9. The Morgan fingerprint density at radius 3 is 2.43 bits per heavy atom. The largest absolute Gasteiger partial charge is 0.465 e. The van der Waals surface area contributed by atoms with E-state index in [1.807, 2.05) is 51.1 Å². The zero-order chi connectivity index (χ0) is 17.0. The Balaban J connectivity index is 2.14. The predicted octanol–water partition coefficient (Wildman–Crippen LogP) is 2.83. The fourth-order valence-corrected chi connectivity index (χ4v) is 2.65. The maximum absolute atomic E-state index is 12.4. The summed E-state index contributed by atoms with van der Waals surface area (Å²) in [5, 5.41) is 9.22. The first-order chi connectivity index (χ1) is 10.8. The molecule has 1 aromatic carbocycles. The van der Waals surface area contributed by atoms with Gasteiger partial charge in [-0.05, 0) is 32.8 Å². The lowest BCUT2D eigenvalue weighted by Gasteiger charge is -2.40. The number of ether oxygens (including phenoxy) is 1. The van der Waals surface area contributed by atoms with E-state index in [4.69, 9.17) is 4.74 Å². The molecule has 1 unspecified atom stereocenters. The number of hydrogen-bond donors (Lipinski definition) is 1. The van der Waals surface area contributed by atoms with Gasteiger partial charge in [-0.25, -0.2) is 9.59 Å². The smallest absolute Gasteiger partial charge is 0.410 e. The van der Waals surface area contributed by atoms with Crippen molar-refractivity contribution < 1.29 is 19.4 Å². The number of piperazine rings is 1. The van der Waals surface area contributed by atoms with E-state index in [1.165, 1.54) is 4.90 Å². The quantitative estimate of drug-likeness (QED) is 0.909. The minimum absolute atomic E-state index is 0.225. The standard InChI is InChI=1S/C17H24N2O4/c1-17(2,3)23-16(22)19-10-9-18(15(20)21)12-14(19)11-13-7-5-4-6-8-13/h4-8,14H,9-12H2,1-3H3,(H,20,21). The second-order valence-electron chi connectivity index (χ2n) is 6.75. The highest BCUT2D eigenvalue weighted by Gasteiger charge is 2.34. The van der Waals surface area contributed by atoms with Gasteiger partial charge in [0.25, 0.3) is 0 Å². The first-order valence-electron chi connectivity index (χ1n) is 7.77. The van der Waals surface area contributed by atoms with E-state index < -0.39 is 11.7 Å². The molecule has 23 heavy (non-hydrogen) atoms. The molecule has 1 atom stereocenters. The summed E-state index contributed by atoms with van der Waals surface area (Å²) < 4.78 is 5.46. The SMILES string of the molecule is CC(C)(C)OC(=O)N1CCN(C(=O)O)CC1Cc1ccccc1. The van der Waals surface area contributed by atoms with Crippen molar-refractivity contribution in [3.8, 4) is 0 Å². The maximum atomic E-state index is 12.4. The topological polar surface area (TPSA) is 70.1 Å². The molecule has 2 rings (SSSR count). The second-order valence-corrected chi connectivity index (χ2v) is 6.75. The average molecular weight is 320 g/mol. The summed E-state index contributed by atoms with van der Waals surface area (Å²) in [5.74, 6) is 0. The average Bonchev–Trinajstić information content (AvgIpc) is 2.46. The number of carbonyl (C=O) groups excluding carboxylic acids is 1. The molecule has 1 fully saturated rings. The lowest BCUT2D eigenvalue weighted by Crippen LogP contribution is -2.57. The van der Waals surface area contributed by atoms with Crippen LogP contribution < -0.4 is 0 Å². The van der Waals surface area contributed by atoms with Crippen LogP contribution >= 0.6 is 0 Å². The molecular formula is C17H24N2O4. The van der Waals surface area contributed by atoms with Crippen LogP contribution in [0.3, 0.4) is 0 Å². The van der Waals surface area contributed by atoms with Gasteiger partial charge in [0.05, 0.1) is 6.04 Å². The molecule has 1 aromatic rings. The van der Waals surface area contributed by atoms with Gasteiger partial charge in [-0.1, -0.05) is 30.3 Å². The highest BCUT2D eigenvalue weighted by molar-refractivity contribution is 5.70. The summed E-state index contributed by atoms with van der Waals surface area (Å²) in [4.78, 5) is 26.7. The minimum atomic E-state index is -0.952. The van der Waals surface area contributed by atoms with Crippen LogP contribution in [0.2, 0.25) is 0 Å². The van der Waals surface area contributed by atoms with Crippen LogP contribution in [-0.2, 0) is 11.2 Å². The van der Waals surface area contributed by atoms with Crippen molar-refractivity contribution in [1.29, 1.82) is 0 Å². The van der Waals surface area contributed by atoms with Crippen LogP contribution in [0.15, 0.2) is 30.3 Å². The van der Waals surface area contributed by atoms with Gasteiger partial charge in [-0.3, -0.25) is 0 Å². The summed E-state index contributed by atoms with van der Waals surface area (Å²) in [6.07, 6.45) is -0.737. The highest BCUT2D eigenvalue weighted by atomic mass is 16.6. The van der Waals surface area contributed by atoms with Crippen molar-refractivity contribution in [3.05, 3.63) is 35.9 Å². The highest BCUT2D eigenvalue weighted by Crippen LogP contribution is 2.19. The van der Waals surface area contributed by atoms with Crippen molar-refractivity contribution >= 4 is 12.2 Å². The van der Waals surface area contributed by atoms with Gasteiger partial charge in [-0.15, -0.1) is 0 Å². The van der Waals surface area contributed by atoms with E-state index in [0.717, 1.165) is 5.56 Å². The normalized spacial score (nSPS) is 18.7. The number of hydrogen-bond acceptors (Lipinski definition) is 3. The minimum Gasteiger partial charge on any atom is -0.465 e. The third-order valence-electron chi connectivity index (χ3n) is 3.70. The van der Waals surface area contributed by atoms with Crippen LogP contribution in [0.5, 0.6) is 0 Å². The molecule has 6 nitrogen and oxygen atoms in total. The number of rotatable bonds is 2. The first-order valence-corrected chi connectivity index (χ1v) is 7.77. The van der Waals surface area contributed by atoms with E-state index in [9.17, 15) is 14.7 Å². The maximum Gasteiger partial charge on any atom is 0.410 e. The molecule has 1 aliphatic rings. The molecule has 0 spiro atoms. The number of carboxylic acid groups (broad SMARTS) is 1. The summed E-state index contributed by atoms with van der Waals surface area (Å²) in [6, 6.07) is 9.53. The van der Waals surface area contributed by atoms with Gasteiger partial charge in [0.1, 0.15) is 5.60 Å². The monoisotopic (exact) mass is 320 g/mol. The third kappa shape index (κ3) is 4.87. The van der Waals surface area contributed by atoms with Gasteiger partial charge in [-0.2, -0.15) is 0 Å². The number of nitrogens with zero attached hydrogens (tertiary/aromatic N) is 2. The van der Waals surface area contributed by atoms with Crippen LogP contribution in [-0.4, -0.2) is 58.4 Å². The molecule has 0 saturated carbocycles. The van der Waals surface area contributed by atoms with Crippen molar-refractivity contribution in [3.63, 3.8) is 0 Å². The third-order valence-corrected chi connectivity index (χ3v) is 3.70. The second kappa shape index (κ2) is 6.89. The van der Waals surface area contributed by atoms with Crippen molar-refractivity contribution in [1.82, 2.24) is 9.80 Å². The Kier molecular flexibility index (Phi) is 5.13. The molecule has 1 N–H and O–H groups in total. The van der Waals surface area contributed by atoms with Gasteiger partial charge in [0.2, 0.25) is 0 Å². The summed E-state index contributed by atoms with van der Waals surface area (Å²) in [5.41, 5.74) is 0.497. The van der Waals surface area contributed by atoms with Gasteiger partial charge >= 0.3 is 12.2 Å². The number of amides is 2. The Hall–Kier alpha value is -2.24. The summed E-state index contributed by atoms with van der Waals surface area (Å²) in [7, 11) is 0. The molecule has 0 bridgehead atoms. The molecule has 1 heterocycles. The van der Waals surface area contributed by atoms with Crippen molar-refractivity contribution in [2.75, 3.05) is 19.6 Å². The lowest BCUT2D eigenvalue weighted by molar-refractivity contribution is -0.0000177. The molecule has 6 heteroatoms. The molecule has 1 saturated heterocycles. The van der Waals surface area contributed by atoms with Gasteiger partial charge in [0, 0.05) is 19.6 Å². The van der Waals surface area contributed by atoms with Gasteiger partial charge in [0.15, 0.2) is 0 Å². The Morgan fingerprint density at radius 2 is 1.87 bits per heavy atom. The summed E-state index contributed by atoms with van der Waals surface area (Å²) in [6.45, 7) is 6.42. The van der Waals surface area contributed by atoms with Crippen LogP contribution in [0.4, 0.5) is 9.59 Å². The van der Waals surface area contributed by atoms with Crippen molar-refractivity contribution in [2.24, 2.45) is 0 Å². The fourth-order valence-electron chi connectivity index (χ4n) is 2.65. The number of benzene rings is 1. The molecule has 0 aromatic heterocycles. The van der Waals surface area contributed by atoms with E-state index in [0.29, 0.717) is 26.1 Å². The number of carbonyl (C=O) groups is 2.